The molecule has 1 aromatic heterocycles. The first-order chi connectivity index (χ1) is 13.8. The van der Waals surface area contributed by atoms with E-state index in [4.69, 9.17) is 0 Å². The van der Waals surface area contributed by atoms with Gasteiger partial charge in [-0.05, 0) is 42.2 Å². The molecule has 0 N–H and O–H groups in total. The second-order valence-corrected chi connectivity index (χ2v) is 10.6. The number of aromatic nitrogens is 1. The second kappa shape index (κ2) is 9.23. The summed E-state index contributed by atoms with van der Waals surface area (Å²) in [7, 11) is -3.27. The number of carbonyl (C=O) groups is 1. The van der Waals surface area contributed by atoms with Crippen molar-refractivity contribution in [3.05, 3.63) is 58.6 Å². The normalized spacial score (nSPS) is 12.6. The van der Waals surface area contributed by atoms with Gasteiger partial charge >= 0.3 is 0 Å². The number of nitrogens with zero attached hydrogens (tertiary/aromatic N) is 2. The number of thiazole rings is 1. The van der Waals surface area contributed by atoms with Gasteiger partial charge in [0.15, 0.2) is 14.6 Å². The Balaban J connectivity index is 1.89. The van der Waals surface area contributed by atoms with Crippen molar-refractivity contribution in [3.63, 3.8) is 0 Å². The van der Waals surface area contributed by atoms with Gasteiger partial charge in [0.2, 0.25) is 0 Å². The maximum atomic E-state index is 13.6. The number of amides is 1. The van der Waals surface area contributed by atoms with E-state index in [1.54, 1.807) is 36.9 Å². The highest BCUT2D eigenvalue weighted by Gasteiger charge is 2.12. The van der Waals surface area contributed by atoms with Gasteiger partial charge in [0.25, 0.3) is 5.91 Å². The molecule has 2 aromatic carbocycles. The van der Waals surface area contributed by atoms with Crippen molar-refractivity contribution in [2.24, 2.45) is 4.99 Å². The quantitative estimate of drug-likeness (QED) is 0.549. The standard InChI is InChI=1S/C20H21FN2O3S3/c1-3-29(25,26)16-7-4-14(5-8-16)12-19(24)22-20-23(10-11-27-2)17-9-6-15(21)13-18(17)28-20/h4-9,13H,3,10-12H2,1-2H3. The Morgan fingerprint density at radius 2 is 1.93 bits per heavy atom. The van der Waals surface area contributed by atoms with Gasteiger partial charge in [0.1, 0.15) is 5.82 Å². The highest BCUT2D eigenvalue weighted by Crippen LogP contribution is 2.19. The van der Waals surface area contributed by atoms with Crippen molar-refractivity contribution in [1.82, 2.24) is 4.57 Å². The van der Waals surface area contributed by atoms with Crippen molar-refractivity contribution in [3.8, 4) is 0 Å². The third kappa shape index (κ3) is 5.15. The molecule has 154 valence electrons. The van der Waals surface area contributed by atoms with E-state index in [1.165, 1.54) is 35.6 Å². The van der Waals surface area contributed by atoms with Gasteiger partial charge in [0, 0.05) is 12.3 Å². The number of halogens is 1. The van der Waals surface area contributed by atoms with Crippen molar-refractivity contribution in [1.29, 1.82) is 0 Å². The van der Waals surface area contributed by atoms with Gasteiger partial charge in [-0.15, -0.1) is 0 Å². The minimum absolute atomic E-state index is 0.0309. The number of thioether (sulfide) groups is 1. The van der Waals surface area contributed by atoms with Crippen LogP contribution in [0.25, 0.3) is 10.2 Å². The molecule has 0 bridgehead atoms. The zero-order valence-corrected chi connectivity index (χ0v) is 18.5. The Morgan fingerprint density at radius 3 is 2.59 bits per heavy atom. The molecule has 0 aliphatic carbocycles. The summed E-state index contributed by atoms with van der Waals surface area (Å²) in [6.07, 6.45) is 2.07. The lowest BCUT2D eigenvalue weighted by molar-refractivity contribution is -0.117. The van der Waals surface area contributed by atoms with E-state index in [1.807, 2.05) is 10.8 Å². The van der Waals surface area contributed by atoms with Crippen LogP contribution >= 0.6 is 23.1 Å². The van der Waals surface area contributed by atoms with Crippen LogP contribution in [0.2, 0.25) is 0 Å². The summed E-state index contributed by atoms with van der Waals surface area (Å²) < 4.78 is 40.0. The fourth-order valence-corrected chi connectivity index (χ4v) is 5.18. The lowest BCUT2D eigenvalue weighted by Gasteiger charge is -2.04. The predicted octanol–water partition coefficient (Wildman–Crippen LogP) is 3.67. The van der Waals surface area contributed by atoms with E-state index in [-0.39, 0.29) is 28.8 Å². The lowest BCUT2D eigenvalue weighted by atomic mass is 10.1. The van der Waals surface area contributed by atoms with Crippen LogP contribution in [0, 0.1) is 5.82 Å². The Morgan fingerprint density at radius 1 is 1.21 bits per heavy atom. The summed E-state index contributed by atoms with van der Waals surface area (Å²) in [6.45, 7) is 2.26. The van der Waals surface area contributed by atoms with Gasteiger partial charge in [-0.3, -0.25) is 4.79 Å². The molecule has 0 spiro atoms. The predicted molar refractivity (Wildman–Crippen MR) is 117 cm³/mol. The first kappa shape index (κ1) is 21.7. The largest absolute Gasteiger partial charge is 0.316 e. The molecule has 1 amide bonds. The van der Waals surface area contributed by atoms with Gasteiger partial charge < -0.3 is 4.57 Å². The summed E-state index contributed by atoms with van der Waals surface area (Å²) in [6, 6.07) is 10.9. The van der Waals surface area contributed by atoms with Crippen molar-refractivity contribution in [2.75, 3.05) is 17.8 Å². The molecule has 5 nitrogen and oxygen atoms in total. The Bertz CT molecular complexity index is 1200. The van der Waals surface area contributed by atoms with Gasteiger partial charge in [-0.1, -0.05) is 30.4 Å². The smallest absolute Gasteiger partial charge is 0.252 e. The molecular formula is C20H21FN2O3S3. The second-order valence-electron chi connectivity index (χ2n) is 6.37. The molecule has 1 heterocycles. The maximum Gasteiger partial charge on any atom is 0.252 e. The van der Waals surface area contributed by atoms with Crippen LogP contribution in [0.5, 0.6) is 0 Å². The molecule has 0 fully saturated rings. The van der Waals surface area contributed by atoms with E-state index in [0.717, 1.165) is 16.0 Å². The molecule has 3 aromatic rings. The first-order valence-electron chi connectivity index (χ1n) is 9.01. The zero-order valence-electron chi connectivity index (χ0n) is 16.1. The van der Waals surface area contributed by atoms with Gasteiger partial charge in [-0.25, -0.2) is 12.8 Å². The first-order valence-corrected chi connectivity index (χ1v) is 12.9. The number of hydrogen-bond acceptors (Lipinski definition) is 5. The number of aryl methyl sites for hydroxylation is 1. The third-order valence-corrected chi connectivity index (χ3v) is 7.78. The van der Waals surface area contributed by atoms with Gasteiger partial charge in [-0.2, -0.15) is 16.8 Å². The van der Waals surface area contributed by atoms with Gasteiger partial charge in [0.05, 0.1) is 27.3 Å². The lowest BCUT2D eigenvalue weighted by Crippen LogP contribution is -2.18. The minimum Gasteiger partial charge on any atom is -0.316 e. The zero-order chi connectivity index (χ0) is 21.0. The van der Waals surface area contributed by atoms with E-state index < -0.39 is 9.84 Å². The van der Waals surface area contributed by atoms with E-state index in [0.29, 0.717) is 16.9 Å². The van der Waals surface area contributed by atoms with Crippen LogP contribution in [-0.4, -0.2) is 36.7 Å². The molecular weight excluding hydrogens is 431 g/mol. The van der Waals surface area contributed by atoms with Crippen LogP contribution in [0.4, 0.5) is 4.39 Å². The molecule has 3 rings (SSSR count). The number of rotatable bonds is 7. The summed E-state index contributed by atoms with van der Waals surface area (Å²) >= 11 is 2.96. The highest BCUT2D eigenvalue weighted by molar-refractivity contribution is 7.98. The number of sulfone groups is 1. The fourth-order valence-electron chi connectivity index (χ4n) is 2.83. The average Bonchev–Trinajstić information content (AvgIpc) is 3.02. The van der Waals surface area contributed by atoms with Crippen molar-refractivity contribution in [2.45, 2.75) is 24.8 Å². The Hall–Kier alpha value is -1.97. The van der Waals surface area contributed by atoms with E-state index >= 15 is 0 Å². The molecule has 0 saturated carbocycles. The minimum atomic E-state index is -3.27. The molecule has 0 aliphatic rings. The van der Waals surface area contributed by atoms with Crippen LogP contribution in [0.1, 0.15) is 12.5 Å². The number of carbonyl (C=O) groups excluding carboxylic acids is 1. The van der Waals surface area contributed by atoms with Crippen molar-refractivity contribution >= 4 is 49.1 Å². The average molecular weight is 453 g/mol. The molecule has 0 aliphatic heterocycles. The maximum absolute atomic E-state index is 13.6. The van der Waals surface area contributed by atoms with Crippen LogP contribution in [0.15, 0.2) is 52.4 Å². The van der Waals surface area contributed by atoms with E-state index in [2.05, 4.69) is 4.99 Å². The fraction of sp³-hybridized carbons (Fsp3) is 0.300. The summed E-state index contributed by atoms with van der Waals surface area (Å²) in [5.41, 5.74) is 1.54. The highest BCUT2D eigenvalue weighted by atomic mass is 32.2. The molecule has 0 saturated heterocycles. The van der Waals surface area contributed by atoms with E-state index in [9.17, 15) is 17.6 Å². The SMILES string of the molecule is CCS(=O)(=O)c1ccc(CC(=O)N=c2sc3cc(F)ccc3n2CCSC)cc1. The Labute approximate surface area is 177 Å². The summed E-state index contributed by atoms with van der Waals surface area (Å²) in [4.78, 5) is 17.6. The topological polar surface area (TPSA) is 68.5 Å². The monoisotopic (exact) mass is 452 g/mol. The number of hydrogen-bond donors (Lipinski definition) is 0. The Kier molecular flexibility index (Phi) is 6.92. The number of fused-ring (bicyclic) bond motifs is 1. The van der Waals surface area contributed by atoms with Crippen LogP contribution in [0.3, 0.4) is 0 Å². The van der Waals surface area contributed by atoms with Crippen molar-refractivity contribution < 1.29 is 17.6 Å². The summed E-state index contributed by atoms with van der Waals surface area (Å²) in [5.74, 6) is 0.220. The molecule has 9 heteroatoms. The molecule has 0 unspecified atom stereocenters. The number of benzene rings is 2. The summed E-state index contributed by atoms with van der Waals surface area (Å²) in [5, 5.41) is 0. The van der Waals surface area contributed by atoms with Crippen LogP contribution in [-0.2, 0) is 27.6 Å². The molecule has 0 radical (unpaired) electrons. The molecule has 0 atom stereocenters. The molecule has 29 heavy (non-hydrogen) atoms. The third-order valence-electron chi connectivity index (χ3n) is 4.40. The van der Waals surface area contributed by atoms with Crippen LogP contribution < -0.4 is 4.80 Å².